The molecule has 0 spiro atoms. The highest BCUT2D eigenvalue weighted by Gasteiger charge is 2.08. The monoisotopic (exact) mass is 213 g/mol. The quantitative estimate of drug-likeness (QED) is 0.397. The molecule has 1 aromatic carbocycles. The molecule has 0 radical (unpaired) electrons. The van der Waals surface area contributed by atoms with Gasteiger partial charge in [0.2, 0.25) is 0 Å². The van der Waals surface area contributed by atoms with Crippen LogP contribution >= 0.6 is 0 Å². The summed E-state index contributed by atoms with van der Waals surface area (Å²) >= 11 is 0. The normalized spacial score (nSPS) is 10.0. The molecule has 0 saturated carbocycles. The largest absolute Gasteiger partial charge is 0.488 e. The van der Waals surface area contributed by atoms with Gasteiger partial charge < -0.3 is 15.2 Å². The predicted molar refractivity (Wildman–Crippen MR) is 55.3 cm³/mol. The molecule has 82 valence electrons. The standard InChI is InChI=1S/C10H13FN2O2/c1-14-2-3-15-10-5-9(13)7(6-12)4-8(10)11/h4-6,12H,2-3,13H2,1H3/p+1. The number of ether oxygens (including phenoxy) is 2. The first-order valence-electron chi connectivity index (χ1n) is 4.44. The van der Waals surface area contributed by atoms with Crippen molar-refractivity contribution in [3.8, 4) is 5.75 Å². The van der Waals surface area contributed by atoms with Gasteiger partial charge in [-0.05, 0) is 6.07 Å². The Balaban J connectivity index is 2.80. The fourth-order valence-corrected chi connectivity index (χ4v) is 1.07. The van der Waals surface area contributed by atoms with E-state index in [1.54, 1.807) is 7.11 Å². The van der Waals surface area contributed by atoms with E-state index in [4.69, 9.17) is 20.6 Å². The van der Waals surface area contributed by atoms with Crippen LogP contribution in [-0.2, 0) is 4.74 Å². The minimum Gasteiger partial charge on any atom is -0.488 e. The second-order valence-corrected chi connectivity index (χ2v) is 2.92. The molecule has 0 atom stereocenters. The molecule has 4 N–H and O–H groups in total. The van der Waals surface area contributed by atoms with Crippen LogP contribution < -0.4 is 15.9 Å². The van der Waals surface area contributed by atoms with Gasteiger partial charge in [0.25, 0.3) is 0 Å². The third kappa shape index (κ3) is 2.92. The van der Waals surface area contributed by atoms with E-state index in [1.165, 1.54) is 18.3 Å². The maximum Gasteiger partial charge on any atom is 0.169 e. The molecular formula is C10H14FN2O2+. The van der Waals surface area contributed by atoms with Crippen LogP contribution in [0.2, 0.25) is 0 Å². The number of benzene rings is 1. The topological polar surface area (TPSA) is 70.1 Å². The average Bonchev–Trinajstić information content (AvgIpc) is 2.23. The number of methoxy groups -OCH3 is 1. The Morgan fingerprint density at radius 2 is 2.20 bits per heavy atom. The lowest BCUT2D eigenvalue weighted by molar-refractivity contribution is -0.104. The smallest absolute Gasteiger partial charge is 0.169 e. The SMILES string of the molecule is COCCOc1cc(N)c(C=[NH2+])cc1F. The van der Waals surface area contributed by atoms with Crippen molar-refractivity contribution in [2.45, 2.75) is 0 Å². The number of rotatable bonds is 5. The second-order valence-electron chi connectivity index (χ2n) is 2.92. The Morgan fingerprint density at radius 1 is 1.47 bits per heavy atom. The maximum atomic E-state index is 13.3. The Kier molecular flexibility index (Phi) is 4.05. The number of anilines is 1. The van der Waals surface area contributed by atoms with Crippen LogP contribution in [0.25, 0.3) is 0 Å². The number of halogens is 1. The average molecular weight is 213 g/mol. The Morgan fingerprint density at radius 3 is 2.80 bits per heavy atom. The van der Waals surface area contributed by atoms with E-state index >= 15 is 0 Å². The fraction of sp³-hybridized carbons (Fsp3) is 0.300. The summed E-state index contributed by atoms with van der Waals surface area (Å²) < 4.78 is 23.2. The highest BCUT2D eigenvalue weighted by atomic mass is 19.1. The van der Waals surface area contributed by atoms with Crippen molar-refractivity contribution >= 4 is 11.9 Å². The molecule has 0 amide bonds. The molecular weight excluding hydrogens is 199 g/mol. The van der Waals surface area contributed by atoms with Gasteiger partial charge in [-0.3, -0.25) is 5.41 Å². The molecule has 1 rings (SSSR count). The van der Waals surface area contributed by atoms with E-state index in [9.17, 15) is 4.39 Å². The van der Waals surface area contributed by atoms with Crippen LogP contribution in [0.15, 0.2) is 12.1 Å². The van der Waals surface area contributed by atoms with Gasteiger partial charge in [-0.2, -0.15) is 0 Å². The number of nitrogen functional groups attached to an aromatic ring is 1. The molecule has 0 aliphatic heterocycles. The molecule has 0 aromatic heterocycles. The summed E-state index contributed by atoms with van der Waals surface area (Å²) in [4.78, 5) is 0. The molecule has 0 aliphatic carbocycles. The molecule has 4 nitrogen and oxygen atoms in total. The van der Waals surface area contributed by atoms with Crippen molar-refractivity contribution in [2.75, 3.05) is 26.1 Å². The summed E-state index contributed by atoms with van der Waals surface area (Å²) in [5.41, 5.74) is 6.45. The van der Waals surface area contributed by atoms with E-state index < -0.39 is 5.82 Å². The van der Waals surface area contributed by atoms with Gasteiger partial charge in [0.05, 0.1) is 12.2 Å². The summed E-state index contributed by atoms with van der Waals surface area (Å²) in [7, 11) is 1.54. The van der Waals surface area contributed by atoms with Crippen molar-refractivity contribution in [3.63, 3.8) is 0 Å². The molecule has 0 aliphatic rings. The van der Waals surface area contributed by atoms with Gasteiger partial charge in [-0.1, -0.05) is 0 Å². The first-order chi connectivity index (χ1) is 7.19. The van der Waals surface area contributed by atoms with Gasteiger partial charge >= 0.3 is 0 Å². The zero-order chi connectivity index (χ0) is 11.3. The minimum atomic E-state index is -0.489. The fourth-order valence-electron chi connectivity index (χ4n) is 1.07. The lowest BCUT2D eigenvalue weighted by atomic mass is 10.2. The molecule has 15 heavy (non-hydrogen) atoms. The first kappa shape index (κ1) is 11.5. The van der Waals surface area contributed by atoms with Crippen molar-refractivity contribution in [2.24, 2.45) is 0 Å². The second kappa shape index (κ2) is 5.31. The predicted octanol–water partition coefficient (Wildman–Crippen LogP) is -0.389. The van der Waals surface area contributed by atoms with Crippen LogP contribution in [0, 0.1) is 5.82 Å². The van der Waals surface area contributed by atoms with E-state index in [0.29, 0.717) is 17.9 Å². The molecule has 0 fully saturated rings. The van der Waals surface area contributed by atoms with Gasteiger partial charge in [0.1, 0.15) is 6.61 Å². The lowest BCUT2D eigenvalue weighted by Gasteiger charge is -2.08. The summed E-state index contributed by atoms with van der Waals surface area (Å²) in [6.07, 6.45) is 1.25. The number of hydrogen-bond donors (Lipinski definition) is 2. The molecule has 1 aromatic rings. The zero-order valence-corrected chi connectivity index (χ0v) is 8.50. The summed E-state index contributed by atoms with van der Waals surface area (Å²) in [5.74, 6) is -0.382. The molecule has 0 saturated heterocycles. The van der Waals surface area contributed by atoms with Crippen LogP contribution in [0.3, 0.4) is 0 Å². The van der Waals surface area contributed by atoms with E-state index in [-0.39, 0.29) is 12.4 Å². The Labute approximate surface area is 87.3 Å². The van der Waals surface area contributed by atoms with Gasteiger partial charge in [0, 0.05) is 18.9 Å². The Hall–Kier alpha value is -1.62. The van der Waals surface area contributed by atoms with Crippen LogP contribution in [0.5, 0.6) is 5.75 Å². The van der Waals surface area contributed by atoms with Crippen LogP contribution in [-0.4, -0.2) is 26.5 Å². The minimum absolute atomic E-state index is 0.107. The summed E-state index contributed by atoms with van der Waals surface area (Å²) in [5, 5.41) is 5.26. The van der Waals surface area contributed by atoms with Crippen LogP contribution in [0.1, 0.15) is 5.56 Å². The van der Waals surface area contributed by atoms with Crippen molar-refractivity contribution < 1.29 is 19.3 Å². The van der Waals surface area contributed by atoms with Gasteiger partial charge in [0.15, 0.2) is 17.8 Å². The van der Waals surface area contributed by atoms with Gasteiger partial charge in [-0.15, -0.1) is 0 Å². The summed E-state index contributed by atoms with van der Waals surface area (Å²) in [6.45, 7) is 0.669. The van der Waals surface area contributed by atoms with E-state index in [2.05, 4.69) is 0 Å². The first-order valence-corrected chi connectivity index (χ1v) is 4.44. The van der Waals surface area contributed by atoms with Crippen molar-refractivity contribution in [1.29, 1.82) is 0 Å². The van der Waals surface area contributed by atoms with E-state index in [1.807, 2.05) is 0 Å². The third-order valence-corrected chi connectivity index (χ3v) is 1.86. The highest BCUT2D eigenvalue weighted by Crippen LogP contribution is 2.22. The van der Waals surface area contributed by atoms with Crippen molar-refractivity contribution in [1.82, 2.24) is 0 Å². The summed E-state index contributed by atoms with van der Waals surface area (Å²) in [6, 6.07) is 2.64. The molecule has 0 bridgehead atoms. The highest BCUT2D eigenvalue weighted by molar-refractivity contribution is 5.83. The lowest BCUT2D eigenvalue weighted by Crippen LogP contribution is -2.30. The van der Waals surface area contributed by atoms with Crippen LogP contribution in [0.4, 0.5) is 10.1 Å². The molecule has 5 heteroatoms. The zero-order valence-electron chi connectivity index (χ0n) is 8.50. The molecule has 0 heterocycles. The third-order valence-electron chi connectivity index (χ3n) is 1.86. The molecule has 0 unspecified atom stereocenters. The maximum absolute atomic E-state index is 13.3. The van der Waals surface area contributed by atoms with E-state index in [0.717, 1.165) is 0 Å². The number of hydrogen-bond acceptors (Lipinski definition) is 3. The number of nitrogens with two attached hydrogens (primary N) is 2. The van der Waals surface area contributed by atoms with Crippen molar-refractivity contribution in [3.05, 3.63) is 23.5 Å². The Bertz CT molecular complexity index is 356. The van der Waals surface area contributed by atoms with Gasteiger partial charge in [-0.25, -0.2) is 4.39 Å².